The fourth-order valence-electron chi connectivity index (χ4n) is 1.36. The van der Waals surface area contributed by atoms with E-state index in [1.807, 2.05) is 0 Å². The Balaban J connectivity index is 1.95. The van der Waals surface area contributed by atoms with E-state index < -0.39 is 0 Å². The fraction of sp³-hybridized carbons (Fsp3) is 0.154. The molecule has 0 aliphatic heterocycles. The van der Waals surface area contributed by atoms with Gasteiger partial charge in [-0.2, -0.15) is 0 Å². The second-order valence-electron chi connectivity index (χ2n) is 3.49. The lowest BCUT2D eigenvalue weighted by Gasteiger charge is -2.02. The molecule has 18 heavy (non-hydrogen) atoms. The van der Waals surface area contributed by atoms with Crippen LogP contribution in [0.5, 0.6) is 5.75 Å². The van der Waals surface area contributed by atoms with E-state index in [0.717, 1.165) is 10.8 Å². The fourth-order valence-corrected chi connectivity index (χ4v) is 2.09. The summed E-state index contributed by atoms with van der Waals surface area (Å²) in [5, 5.41) is 0.798. The molecule has 0 aliphatic carbocycles. The lowest BCUT2D eigenvalue weighted by atomic mass is 10.1. The van der Waals surface area contributed by atoms with Crippen LogP contribution in [0.2, 0.25) is 0 Å². The van der Waals surface area contributed by atoms with Crippen LogP contribution in [0, 0.1) is 0 Å². The number of carbonyl (C=O) groups is 1. The van der Waals surface area contributed by atoms with Gasteiger partial charge in [0.15, 0.2) is 5.78 Å². The van der Waals surface area contributed by atoms with Crippen molar-refractivity contribution in [1.82, 2.24) is 9.97 Å². The molecular formula is C13H12N2O2S. The van der Waals surface area contributed by atoms with Crippen LogP contribution in [0.1, 0.15) is 10.4 Å². The van der Waals surface area contributed by atoms with E-state index in [-0.39, 0.29) is 5.78 Å². The van der Waals surface area contributed by atoms with Gasteiger partial charge in [-0.1, -0.05) is 11.8 Å². The van der Waals surface area contributed by atoms with Crippen molar-refractivity contribution in [2.24, 2.45) is 0 Å². The molecule has 0 aliphatic rings. The van der Waals surface area contributed by atoms with Crippen LogP contribution in [-0.2, 0) is 0 Å². The summed E-state index contributed by atoms with van der Waals surface area (Å²) in [6.07, 6.45) is 3.13. The highest BCUT2D eigenvalue weighted by atomic mass is 32.2. The van der Waals surface area contributed by atoms with Gasteiger partial charge in [0.1, 0.15) is 12.1 Å². The number of ketones is 1. The summed E-state index contributed by atoms with van der Waals surface area (Å²) < 4.78 is 5.04. The van der Waals surface area contributed by atoms with Gasteiger partial charge < -0.3 is 4.74 Å². The predicted molar refractivity (Wildman–Crippen MR) is 70.1 cm³/mol. The summed E-state index contributed by atoms with van der Waals surface area (Å²) in [6, 6.07) is 8.88. The molecule has 0 bridgehead atoms. The Bertz CT molecular complexity index is 514. The van der Waals surface area contributed by atoms with E-state index in [9.17, 15) is 4.79 Å². The average Bonchev–Trinajstić information content (AvgIpc) is 2.46. The number of ether oxygens (including phenoxy) is 1. The van der Waals surface area contributed by atoms with Crippen molar-refractivity contribution in [3.05, 3.63) is 48.4 Å². The van der Waals surface area contributed by atoms with Gasteiger partial charge in [-0.05, 0) is 30.3 Å². The highest BCUT2D eigenvalue weighted by Crippen LogP contribution is 2.17. The van der Waals surface area contributed by atoms with Crippen molar-refractivity contribution in [2.75, 3.05) is 12.9 Å². The zero-order chi connectivity index (χ0) is 12.8. The van der Waals surface area contributed by atoms with Crippen LogP contribution in [0.25, 0.3) is 0 Å². The molecule has 2 aromatic rings. The molecule has 0 radical (unpaired) electrons. The van der Waals surface area contributed by atoms with Crippen LogP contribution in [0.3, 0.4) is 0 Å². The summed E-state index contributed by atoms with van der Waals surface area (Å²) in [7, 11) is 1.60. The first kappa shape index (κ1) is 12.6. The standard InChI is InChI=1S/C13H12N2O2S/c1-17-11-4-2-10(3-5-11)12(16)8-18-13-6-7-14-9-15-13/h2-7,9H,8H2,1H3. The van der Waals surface area contributed by atoms with Crippen molar-refractivity contribution < 1.29 is 9.53 Å². The molecule has 1 aromatic carbocycles. The van der Waals surface area contributed by atoms with Crippen LogP contribution in [0.15, 0.2) is 47.9 Å². The van der Waals surface area contributed by atoms with Crippen molar-refractivity contribution in [3.63, 3.8) is 0 Å². The Morgan fingerprint density at radius 2 is 2.06 bits per heavy atom. The third-order valence-electron chi connectivity index (χ3n) is 2.32. The number of hydrogen-bond donors (Lipinski definition) is 0. The molecule has 1 aromatic heterocycles. The van der Waals surface area contributed by atoms with E-state index in [1.54, 1.807) is 43.6 Å². The number of methoxy groups -OCH3 is 1. The summed E-state index contributed by atoms with van der Waals surface area (Å²) in [4.78, 5) is 19.8. The summed E-state index contributed by atoms with van der Waals surface area (Å²) in [5.74, 6) is 1.18. The number of rotatable bonds is 5. The number of Topliss-reactive ketones (excluding diaryl/α,β-unsaturated/α-hetero) is 1. The molecule has 4 nitrogen and oxygen atoms in total. The zero-order valence-corrected chi connectivity index (χ0v) is 10.7. The summed E-state index contributed by atoms with van der Waals surface area (Å²) >= 11 is 1.40. The van der Waals surface area contributed by atoms with Crippen LogP contribution >= 0.6 is 11.8 Å². The van der Waals surface area contributed by atoms with E-state index in [2.05, 4.69) is 9.97 Å². The molecule has 0 spiro atoms. The molecule has 92 valence electrons. The van der Waals surface area contributed by atoms with Crippen molar-refractivity contribution in [2.45, 2.75) is 5.03 Å². The SMILES string of the molecule is COc1ccc(C(=O)CSc2ccncn2)cc1. The third kappa shape index (κ3) is 3.30. The molecule has 0 N–H and O–H groups in total. The monoisotopic (exact) mass is 260 g/mol. The lowest BCUT2D eigenvalue weighted by molar-refractivity contribution is 0.102. The molecule has 5 heteroatoms. The molecule has 0 amide bonds. The Labute approximate surface area is 109 Å². The van der Waals surface area contributed by atoms with E-state index in [4.69, 9.17) is 4.74 Å². The summed E-state index contributed by atoms with van der Waals surface area (Å²) in [5.41, 5.74) is 0.678. The minimum absolute atomic E-state index is 0.0706. The second-order valence-corrected chi connectivity index (χ2v) is 4.48. The molecule has 0 saturated heterocycles. The Hall–Kier alpha value is -1.88. The predicted octanol–water partition coefficient (Wildman–Crippen LogP) is 2.46. The van der Waals surface area contributed by atoms with Gasteiger partial charge in [0.25, 0.3) is 0 Å². The number of thioether (sulfide) groups is 1. The normalized spacial score (nSPS) is 10.1. The van der Waals surface area contributed by atoms with Gasteiger partial charge in [0.2, 0.25) is 0 Å². The van der Waals surface area contributed by atoms with Gasteiger partial charge in [-0.15, -0.1) is 0 Å². The van der Waals surface area contributed by atoms with E-state index in [0.29, 0.717) is 11.3 Å². The van der Waals surface area contributed by atoms with Crippen LogP contribution in [-0.4, -0.2) is 28.6 Å². The van der Waals surface area contributed by atoms with Gasteiger partial charge in [0.05, 0.1) is 17.9 Å². The summed E-state index contributed by atoms with van der Waals surface area (Å²) in [6.45, 7) is 0. The van der Waals surface area contributed by atoms with Gasteiger partial charge in [0, 0.05) is 11.8 Å². The van der Waals surface area contributed by atoms with E-state index in [1.165, 1.54) is 18.1 Å². The van der Waals surface area contributed by atoms with Gasteiger partial charge >= 0.3 is 0 Å². The smallest absolute Gasteiger partial charge is 0.173 e. The minimum atomic E-state index is 0.0706. The van der Waals surface area contributed by atoms with Crippen LogP contribution in [0.4, 0.5) is 0 Å². The number of nitrogens with zero attached hydrogens (tertiary/aromatic N) is 2. The minimum Gasteiger partial charge on any atom is -0.497 e. The molecular weight excluding hydrogens is 248 g/mol. The molecule has 0 atom stereocenters. The number of aromatic nitrogens is 2. The topological polar surface area (TPSA) is 52.1 Å². The molecule has 0 unspecified atom stereocenters. The van der Waals surface area contributed by atoms with Gasteiger partial charge in [-0.3, -0.25) is 4.79 Å². The van der Waals surface area contributed by atoms with Crippen molar-refractivity contribution >= 4 is 17.5 Å². The maximum atomic E-state index is 11.9. The van der Waals surface area contributed by atoms with Crippen molar-refractivity contribution in [1.29, 1.82) is 0 Å². The Kier molecular flexibility index (Phi) is 4.30. The second kappa shape index (κ2) is 6.16. The first-order valence-electron chi connectivity index (χ1n) is 5.35. The Morgan fingerprint density at radius 3 is 2.67 bits per heavy atom. The molecule has 0 fully saturated rings. The number of benzene rings is 1. The van der Waals surface area contributed by atoms with Gasteiger partial charge in [-0.25, -0.2) is 9.97 Å². The number of hydrogen-bond acceptors (Lipinski definition) is 5. The molecule has 0 saturated carbocycles. The van der Waals surface area contributed by atoms with Crippen molar-refractivity contribution in [3.8, 4) is 5.75 Å². The largest absolute Gasteiger partial charge is 0.497 e. The lowest BCUT2D eigenvalue weighted by Crippen LogP contribution is -2.02. The van der Waals surface area contributed by atoms with Crippen LogP contribution < -0.4 is 4.74 Å². The first-order chi connectivity index (χ1) is 8.79. The first-order valence-corrected chi connectivity index (χ1v) is 6.34. The quantitative estimate of drug-likeness (QED) is 0.469. The molecule has 2 rings (SSSR count). The highest BCUT2D eigenvalue weighted by molar-refractivity contribution is 7.99. The number of carbonyl (C=O) groups excluding carboxylic acids is 1. The average molecular weight is 260 g/mol. The maximum Gasteiger partial charge on any atom is 0.173 e. The maximum absolute atomic E-state index is 11.9. The zero-order valence-electron chi connectivity index (χ0n) is 9.87. The third-order valence-corrected chi connectivity index (χ3v) is 3.26. The highest BCUT2D eigenvalue weighted by Gasteiger charge is 2.07. The molecule has 1 heterocycles. The Morgan fingerprint density at radius 1 is 1.28 bits per heavy atom. The van der Waals surface area contributed by atoms with E-state index >= 15 is 0 Å².